The lowest BCUT2D eigenvalue weighted by atomic mass is 10.0. The first-order valence-electron chi connectivity index (χ1n) is 6.87. The van der Waals surface area contributed by atoms with E-state index in [0.717, 1.165) is 13.1 Å². The number of nitrogens with two attached hydrogens (primary N) is 1. The zero-order valence-electron chi connectivity index (χ0n) is 11.3. The van der Waals surface area contributed by atoms with E-state index < -0.39 is 0 Å². The van der Waals surface area contributed by atoms with Gasteiger partial charge in [0.25, 0.3) is 0 Å². The molecule has 1 atom stereocenters. The van der Waals surface area contributed by atoms with E-state index in [4.69, 9.17) is 5.73 Å². The van der Waals surface area contributed by atoms with Crippen LogP contribution in [0.1, 0.15) is 12.5 Å². The summed E-state index contributed by atoms with van der Waals surface area (Å²) in [6.45, 7) is 5.19. The van der Waals surface area contributed by atoms with Gasteiger partial charge in [0, 0.05) is 41.7 Å². The van der Waals surface area contributed by atoms with Crippen molar-refractivity contribution in [3.63, 3.8) is 0 Å². The fraction of sp³-hybridized carbons (Fsp3) is 0.375. The van der Waals surface area contributed by atoms with Crippen molar-refractivity contribution >= 4 is 28.2 Å². The first-order chi connectivity index (χ1) is 9.29. The molecule has 2 N–H and O–H groups in total. The van der Waals surface area contributed by atoms with E-state index in [-0.39, 0.29) is 0 Å². The molecule has 1 heterocycles. The lowest BCUT2D eigenvalue weighted by Crippen LogP contribution is -2.36. The summed E-state index contributed by atoms with van der Waals surface area (Å²) in [6, 6.07) is 13.0. The van der Waals surface area contributed by atoms with Crippen molar-refractivity contribution in [2.75, 3.05) is 23.7 Å². The van der Waals surface area contributed by atoms with Gasteiger partial charge in [-0.2, -0.15) is 11.8 Å². The molecule has 2 aromatic rings. The molecule has 0 bridgehead atoms. The molecule has 1 aliphatic rings. The number of hydrogen-bond acceptors (Lipinski definition) is 3. The van der Waals surface area contributed by atoms with Crippen molar-refractivity contribution in [2.45, 2.75) is 18.7 Å². The average Bonchev–Trinajstić information content (AvgIpc) is 2.46. The van der Waals surface area contributed by atoms with Crippen LogP contribution in [0.2, 0.25) is 0 Å². The zero-order valence-corrected chi connectivity index (χ0v) is 12.1. The smallest absolute Gasteiger partial charge is 0.0446 e. The maximum absolute atomic E-state index is 5.85. The Morgan fingerprint density at radius 1 is 1.21 bits per heavy atom. The van der Waals surface area contributed by atoms with Crippen LogP contribution >= 0.6 is 11.8 Å². The highest BCUT2D eigenvalue weighted by molar-refractivity contribution is 8.00. The second kappa shape index (κ2) is 5.43. The topological polar surface area (TPSA) is 29.3 Å². The number of hydrogen-bond donors (Lipinski definition) is 1. The van der Waals surface area contributed by atoms with Gasteiger partial charge in [-0.3, -0.25) is 0 Å². The summed E-state index contributed by atoms with van der Waals surface area (Å²) in [5.41, 5.74) is 8.45. The van der Waals surface area contributed by atoms with Crippen molar-refractivity contribution in [1.82, 2.24) is 0 Å². The summed E-state index contributed by atoms with van der Waals surface area (Å²) in [6.07, 6.45) is 0. The minimum atomic E-state index is 0.604. The van der Waals surface area contributed by atoms with E-state index in [1.165, 1.54) is 27.8 Å². The maximum atomic E-state index is 5.85. The number of thioether (sulfide) groups is 1. The van der Waals surface area contributed by atoms with Crippen LogP contribution in [-0.4, -0.2) is 24.1 Å². The second-order valence-electron chi connectivity index (χ2n) is 5.12. The van der Waals surface area contributed by atoms with E-state index in [2.05, 4.69) is 60.0 Å². The third-order valence-corrected chi connectivity index (χ3v) is 4.93. The predicted octanol–water partition coefficient (Wildman–Crippen LogP) is 3.24. The quantitative estimate of drug-likeness (QED) is 0.910. The Balaban J connectivity index is 2.09. The molecule has 0 spiro atoms. The molecule has 1 unspecified atom stereocenters. The van der Waals surface area contributed by atoms with Crippen LogP contribution in [0.15, 0.2) is 36.4 Å². The Morgan fingerprint density at radius 2 is 2.00 bits per heavy atom. The Labute approximate surface area is 119 Å². The van der Waals surface area contributed by atoms with Crippen molar-refractivity contribution in [2.24, 2.45) is 5.73 Å². The maximum Gasteiger partial charge on any atom is 0.0446 e. The summed E-state index contributed by atoms with van der Waals surface area (Å²) in [7, 11) is 0. The van der Waals surface area contributed by atoms with Crippen molar-refractivity contribution in [1.29, 1.82) is 0 Å². The number of fused-ring (bicyclic) bond motifs is 1. The third-order valence-electron chi connectivity index (χ3n) is 3.79. The van der Waals surface area contributed by atoms with Gasteiger partial charge in [0.2, 0.25) is 0 Å². The summed E-state index contributed by atoms with van der Waals surface area (Å²) in [5.74, 6) is 1.22. The lowest BCUT2D eigenvalue weighted by Gasteiger charge is -2.33. The van der Waals surface area contributed by atoms with Crippen molar-refractivity contribution in [3.8, 4) is 0 Å². The molecule has 1 saturated heterocycles. The van der Waals surface area contributed by atoms with Gasteiger partial charge < -0.3 is 10.6 Å². The Morgan fingerprint density at radius 3 is 2.74 bits per heavy atom. The van der Waals surface area contributed by atoms with Crippen molar-refractivity contribution < 1.29 is 0 Å². The highest BCUT2D eigenvalue weighted by atomic mass is 32.2. The van der Waals surface area contributed by atoms with E-state index >= 15 is 0 Å². The van der Waals surface area contributed by atoms with Crippen LogP contribution in [0.5, 0.6) is 0 Å². The monoisotopic (exact) mass is 272 g/mol. The van der Waals surface area contributed by atoms with Crippen LogP contribution in [0.3, 0.4) is 0 Å². The molecule has 2 nitrogen and oxygen atoms in total. The molecule has 19 heavy (non-hydrogen) atoms. The molecule has 100 valence electrons. The Hall–Kier alpha value is -1.19. The summed E-state index contributed by atoms with van der Waals surface area (Å²) in [4.78, 5) is 2.52. The summed E-state index contributed by atoms with van der Waals surface area (Å²) in [5, 5.41) is 3.35. The SMILES string of the molecule is CC1CN(c2ccc(CN)c3ccccc23)CCS1. The summed E-state index contributed by atoms with van der Waals surface area (Å²) >= 11 is 2.07. The second-order valence-corrected chi connectivity index (χ2v) is 6.67. The van der Waals surface area contributed by atoms with Gasteiger partial charge in [-0.1, -0.05) is 37.3 Å². The molecule has 1 fully saturated rings. The molecule has 2 aromatic carbocycles. The number of anilines is 1. The molecule has 0 aliphatic carbocycles. The largest absolute Gasteiger partial charge is 0.369 e. The highest BCUT2D eigenvalue weighted by Crippen LogP contribution is 2.32. The fourth-order valence-electron chi connectivity index (χ4n) is 2.84. The Kier molecular flexibility index (Phi) is 3.67. The van der Waals surface area contributed by atoms with Gasteiger partial charge in [0.1, 0.15) is 0 Å². The van der Waals surface area contributed by atoms with Gasteiger partial charge in [0.05, 0.1) is 0 Å². The highest BCUT2D eigenvalue weighted by Gasteiger charge is 2.18. The lowest BCUT2D eigenvalue weighted by molar-refractivity contribution is 0.785. The average molecular weight is 272 g/mol. The van der Waals surface area contributed by atoms with Gasteiger partial charge in [-0.15, -0.1) is 0 Å². The van der Waals surface area contributed by atoms with Crippen molar-refractivity contribution in [3.05, 3.63) is 42.0 Å². The molecule has 3 heteroatoms. The molecular weight excluding hydrogens is 252 g/mol. The normalized spacial score (nSPS) is 19.9. The standard InChI is InChI=1S/C16H20N2S/c1-12-11-18(8-9-19-12)16-7-6-13(10-17)14-4-2-3-5-15(14)16/h2-7,12H,8-11,17H2,1H3. The third kappa shape index (κ3) is 2.45. The molecule has 3 rings (SSSR count). The molecule has 0 amide bonds. The van der Waals surface area contributed by atoms with Crippen LogP contribution in [0.25, 0.3) is 10.8 Å². The van der Waals surface area contributed by atoms with Crippen LogP contribution in [-0.2, 0) is 6.54 Å². The first-order valence-corrected chi connectivity index (χ1v) is 7.91. The molecule has 0 aromatic heterocycles. The molecule has 0 saturated carbocycles. The van der Waals surface area contributed by atoms with Crippen LogP contribution in [0.4, 0.5) is 5.69 Å². The fourth-order valence-corrected chi connectivity index (χ4v) is 3.85. The van der Waals surface area contributed by atoms with E-state index in [1.54, 1.807) is 0 Å². The molecule has 1 aliphatic heterocycles. The zero-order chi connectivity index (χ0) is 13.2. The Bertz CT molecular complexity index is 582. The van der Waals surface area contributed by atoms with Crippen LogP contribution in [0, 0.1) is 0 Å². The van der Waals surface area contributed by atoms with E-state index in [0.29, 0.717) is 11.8 Å². The van der Waals surface area contributed by atoms with Gasteiger partial charge >= 0.3 is 0 Å². The number of nitrogens with zero attached hydrogens (tertiary/aromatic N) is 1. The minimum Gasteiger partial charge on any atom is -0.369 e. The number of rotatable bonds is 2. The minimum absolute atomic E-state index is 0.604. The van der Waals surface area contributed by atoms with E-state index in [1.807, 2.05) is 0 Å². The van der Waals surface area contributed by atoms with E-state index in [9.17, 15) is 0 Å². The molecular formula is C16H20N2S. The first kappa shape index (κ1) is 12.8. The van der Waals surface area contributed by atoms with Gasteiger partial charge in [-0.25, -0.2) is 0 Å². The number of benzene rings is 2. The molecule has 0 radical (unpaired) electrons. The predicted molar refractivity (Wildman–Crippen MR) is 86.0 cm³/mol. The van der Waals surface area contributed by atoms with Crippen LogP contribution < -0.4 is 10.6 Å². The van der Waals surface area contributed by atoms with Gasteiger partial charge in [-0.05, 0) is 17.0 Å². The summed E-state index contributed by atoms with van der Waals surface area (Å²) < 4.78 is 0. The van der Waals surface area contributed by atoms with Gasteiger partial charge in [0.15, 0.2) is 0 Å².